The number of carbonyl (C=O) groups is 15. The fourth-order valence-corrected chi connectivity index (χ4v) is 16.7. The highest BCUT2D eigenvalue weighted by Crippen LogP contribution is 2.28. The number of primary amides is 1. The fraction of sp³-hybridized carbons (Fsp3) is 0.676. The van der Waals surface area contributed by atoms with E-state index in [0.717, 1.165) is 24.8 Å². The number of aliphatic hydroxyl groups is 1. The normalized spacial score (nSPS) is 14.5. The first kappa shape index (κ1) is 124. The first-order valence-electron chi connectivity index (χ1n) is 50.9. The van der Waals surface area contributed by atoms with Crippen LogP contribution in [0.15, 0.2) is 76.8 Å². The van der Waals surface area contributed by atoms with Crippen molar-refractivity contribution in [3.8, 4) is 5.75 Å². The zero-order valence-corrected chi connectivity index (χ0v) is 86.3. The molecule has 0 spiro atoms. The number of nitrogens with two attached hydrogens (primary N) is 7. The molecule has 0 unspecified atom stereocenters. The van der Waals surface area contributed by atoms with Gasteiger partial charge in [-0.25, -0.2) is 15.0 Å². The van der Waals surface area contributed by atoms with Crippen molar-refractivity contribution in [1.29, 1.82) is 0 Å². The molecular formula is C102H169N23O17. The number of imidazole rings is 3. The Morgan fingerprint density at radius 1 is 0.387 bits per heavy atom. The molecule has 0 bridgehead atoms. The lowest BCUT2D eigenvalue weighted by Crippen LogP contribution is -2.50. The van der Waals surface area contributed by atoms with Crippen molar-refractivity contribution in [2.24, 2.45) is 120 Å². The first-order chi connectivity index (χ1) is 67.4. The number of guanidine groups is 3. The van der Waals surface area contributed by atoms with Crippen molar-refractivity contribution < 1.29 is 82.1 Å². The molecule has 0 aliphatic heterocycles. The molecule has 0 aliphatic rings. The Morgan fingerprint density at radius 3 is 1.23 bits per heavy atom. The van der Waals surface area contributed by atoms with Gasteiger partial charge in [-0.05, 0) is 126 Å². The number of rotatable bonds is 76. The Kier molecular flexibility index (Phi) is 60.2. The standard InChI is InChI=1S/C60H100N16O11.C42H69N7O6/c1-8-36(7)44(53(61)83)30-52(82)48(32-77)76-56(86)40(23-34(3)4)28-51(81)47(24-35(5)6)75-55(85)39(13-10-20-69-58(62)63)27-49(79)45(14-11-21-70-59(64)65)74-57(87)41(26-42-31-68-33-72-42)29-50(80)46(15-12-22-71-60(66)67)73-54(84)38(9-2)25-37-16-18-43(78)19-17-37;1-7-8-9-10-11-12-13-14-15-16-17-18-19-20-39(53)48-36(24-35-26-44-28-46-35)37(51)21-30(4)41(54)49-40(29(2)3)38(52)23-33(22-34-25-43-27-45-34)42(55)47-31(5)32(6)50/h16-19,31,33-36,38-41,44-48,77-78H,8-15,20-30,32H2,1-7H3,(H2,61,83)(H,68,72)(H,73,84)(H,74,87)(H,75,85)(H,76,86)(H4,62,63,69)(H4,64,65,70)(H4,66,67,71);25-31,33,36,40H,7-24H2,1-6H3,(H,43,45)(H,44,46)(H,47,55)(H,48,53)(H,49,54)/t36-,38-,39+,40+,41+,44-,45-,46-,47-,48+;30-,31+,33-,36+,40+/m01/s1. The van der Waals surface area contributed by atoms with Crippen molar-refractivity contribution in [2.75, 3.05) is 26.2 Å². The highest BCUT2D eigenvalue weighted by molar-refractivity contribution is 6.00. The van der Waals surface area contributed by atoms with E-state index in [1.807, 2.05) is 41.5 Å². The number of phenols is 1. The van der Waals surface area contributed by atoms with Crippen LogP contribution in [0.3, 0.4) is 0 Å². The van der Waals surface area contributed by atoms with Gasteiger partial charge in [0.15, 0.2) is 58.4 Å². The van der Waals surface area contributed by atoms with Gasteiger partial charge in [-0.3, -0.25) is 86.9 Å². The summed E-state index contributed by atoms with van der Waals surface area (Å²) in [5, 5.41) is 39.7. The van der Waals surface area contributed by atoms with Crippen molar-refractivity contribution in [3.05, 3.63) is 84.5 Å². The molecule has 1 aromatic carbocycles. The quantitative estimate of drug-likeness (QED) is 0.0118. The molecule has 15 atom stereocenters. The molecule has 0 saturated heterocycles. The summed E-state index contributed by atoms with van der Waals surface area (Å²) >= 11 is 0. The summed E-state index contributed by atoms with van der Waals surface area (Å²) < 4.78 is 0. The van der Waals surface area contributed by atoms with Gasteiger partial charge in [0.05, 0.1) is 73.7 Å². The van der Waals surface area contributed by atoms with E-state index in [-0.39, 0.29) is 187 Å². The maximum Gasteiger partial charge on any atom is 0.224 e. The number of aliphatic imine (C=N–C) groups is 3. The Balaban J connectivity index is 0.000000808. The van der Waals surface area contributed by atoms with Gasteiger partial charge in [0.1, 0.15) is 11.8 Å². The highest BCUT2D eigenvalue weighted by Gasteiger charge is 2.39. The minimum absolute atomic E-state index is 0.0165. The summed E-state index contributed by atoms with van der Waals surface area (Å²) in [6.07, 6.45) is 26.1. The average Bonchev–Trinajstić information content (AvgIpc) is 1.18. The number of nitrogens with one attached hydrogen (secondary N) is 10. The number of carbonyl (C=O) groups excluding carboxylic acids is 15. The van der Waals surface area contributed by atoms with Crippen molar-refractivity contribution >= 4 is 106 Å². The molecule has 40 nitrogen and oxygen atoms in total. The van der Waals surface area contributed by atoms with Crippen LogP contribution in [0.4, 0.5) is 0 Å². The third-order valence-corrected chi connectivity index (χ3v) is 25.5. The Hall–Kier alpha value is -12.1. The molecule has 0 saturated carbocycles. The van der Waals surface area contributed by atoms with E-state index in [0.29, 0.717) is 42.8 Å². The fourth-order valence-electron chi connectivity index (χ4n) is 16.7. The van der Waals surface area contributed by atoms with E-state index < -0.39 is 168 Å². The van der Waals surface area contributed by atoms with Crippen LogP contribution in [-0.2, 0) is 97.6 Å². The van der Waals surface area contributed by atoms with Crippen molar-refractivity contribution in [2.45, 2.75) is 351 Å². The summed E-state index contributed by atoms with van der Waals surface area (Å²) in [6.45, 7) is 22.8. The summed E-state index contributed by atoms with van der Waals surface area (Å²) in [5.41, 5.74) is 41.9. The molecule has 3 heterocycles. The van der Waals surface area contributed by atoms with E-state index in [1.54, 1.807) is 59.1 Å². The number of benzene rings is 1. The van der Waals surface area contributed by atoms with Gasteiger partial charge in [-0.15, -0.1) is 0 Å². The molecule has 0 aliphatic carbocycles. The van der Waals surface area contributed by atoms with Gasteiger partial charge in [-0.1, -0.05) is 172 Å². The number of hydrogen-bond acceptors (Lipinski definition) is 23. The number of amides is 8. The van der Waals surface area contributed by atoms with Gasteiger partial charge in [-0.2, -0.15) is 0 Å². The summed E-state index contributed by atoms with van der Waals surface area (Å²) in [5.74, 6) is -14.8. The number of aliphatic hydroxyl groups excluding tert-OH is 1. The molecule has 8 amide bonds. The maximum atomic E-state index is 14.8. The van der Waals surface area contributed by atoms with E-state index in [9.17, 15) is 82.1 Å². The number of phenolic OH excluding ortho intramolecular Hbond substituents is 1. The Labute approximate surface area is 838 Å². The smallest absolute Gasteiger partial charge is 0.224 e. The molecule has 0 radical (unpaired) electrons. The minimum atomic E-state index is -1.38. The van der Waals surface area contributed by atoms with Crippen LogP contribution in [0.5, 0.6) is 5.75 Å². The van der Waals surface area contributed by atoms with E-state index in [4.69, 9.17) is 40.1 Å². The largest absolute Gasteiger partial charge is 0.508 e. The lowest BCUT2D eigenvalue weighted by molar-refractivity contribution is -0.136. The Morgan fingerprint density at radius 2 is 0.789 bits per heavy atom. The predicted molar refractivity (Wildman–Crippen MR) is 546 cm³/mol. The predicted octanol–water partition coefficient (Wildman–Crippen LogP) is 7.23. The molecule has 4 aromatic rings. The van der Waals surface area contributed by atoms with Gasteiger partial charge in [0.2, 0.25) is 47.3 Å². The Bertz CT molecular complexity index is 4570. The number of Topliss-reactive ketones (excluding diaryl/α,β-unsaturated/α-hetero) is 7. The van der Waals surface area contributed by atoms with Crippen LogP contribution >= 0.6 is 0 Å². The molecule has 40 heteroatoms. The van der Waals surface area contributed by atoms with Crippen LogP contribution in [0.2, 0.25) is 0 Å². The number of nitrogens with zero attached hydrogens (tertiary/aromatic N) is 6. The van der Waals surface area contributed by atoms with E-state index >= 15 is 0 Å². The highest BCUT2D eigenvalue weighted by atomic mass is 16.3. The van der Waals surface area contributed by atoms with Crippen LogP contribution in [-0.4, -0.2) is 214 Å². The van der Waals surface area contributed by atoms with Crippen molar-refractivity contribution in [3.63, 3.8) is 0 Å². The van der Waals surface area contributed by atoms with Gasteiger partial charge in [0.25, 0.3) is 0 Å². The number of hydrogen-bond donors (Lipinski definition) is 19. The molecular weight excluding hydrogens is 1820 g/mol. The summed E-state index contributed by atoms with van der Waals surface area (Å²) in [6, 6.07) is -0.905. The van der Waals surface area contributed by atoms with Crippen LogP contribution in [0.1, 0.15) is 305 Å². The first-order valence-corrected chi connectivity index (χ1v) is 50.9. The van der Waals surface area contributed by atoms with Gasteiger partial charge in [0, 0.05) is 149 Å². The number of unbranched alkanes of at least 4 members (excludes halogenated alkanes) is 12. The molecule has 4 rings (SSSR count). The van der Waals surface area contributed by atoms with E-state index in [1.165, 1.54) is 108 Å². The SMILES string of the molecule is CCCCCCCCCCCCCCCC(=O)N[C@@H](Cc1cnc[nH]1)C(=O)C[C@@H](C)C(=O)N[C@H](C(=O)C[C@@H](Cc1cnc[nH]1)C(=O)N[C@@H](C)C(C)=O)C(C)C.CC[C@@H](Cc1ccc(O)cc1)C(=O)N[C@@H](CCCN=C(N)N)C(=O)C[C@@H](Cc1cnc[nH]1)C(=O)N[C@@H](CCCN=C(N)N)C(=O)C[C@@H](CCCN=C(N)N)C(=O)N[C@@H](CC(C)C)C(=O)C[C@@H](CC(C)C)C(=O)N[C@H](CO)C(=O)C[C@H](C(N)=O)[C@@H](C)CC. The molecule has 142 heavy (non-hydrogen) atoms. The second-order valence-electron chi connectivity index (χ2n) is 39.1. The number of aromatic hydroxyl groups is 1. The van der Waals surface area contributed by atoms with Crippen LogP contribution in [0, 0.1) is 65.1 Å². The molecule has 3 aromatic heterocycles. The average molecular weight is 1990 g/mol. The van der Waals surface area contributed by atoms with Gasteiger partial charge >= 0.3 is 0 Å². The number of aromatic nitrogens is 6. The lowest BCUT2D eigenvalue weighted by Gasteiger charge is -2.27. The third kappa shape index (κ3) is 51.0. The summed E-state index contributed by atoms with van der Waals surface area (Å²) in [4.78, 5) is 239. The lowest BCUT2D eigenvalue weighted by atomic mass is 9.85. The van der Waals surface area contributed by atoms with Crippen LogP contribution < -0.4 is 77.4 Å². The monoisotopic (exact) mass is 1990 g/mol. The number of aromatic amines is 3. The second-order valence-corrected chi connectivity index (χ2v) is 39.1. The van der Waals surface area contributed by atoms with Gasteiger partial charge < -0.3 is 103 Å². The van der Waals surface area contributed by atoms with E-state index in [2.05, 4.69) is 89.0 Å². The topological polar surface area (TPSA) is 686 Å². The maximum absolute atomic E-state index is 14.8. The zero-order chi connectivity index (χ0) is 106. The minimum Gasteiger partial charge on any atom is -0.508 e. The zero-order valence-electron chi connectivity index (χ0n) is 86.3. The molecule has 26 N–H and O–H groups in total. The third-order valence-electron chi connectivity index (χ3n) is 25.5. The number of ketones is 7. The molecule has 794 valence electrons. The second kappa shape index (κ2) is 68.9. The summed E-state index contributed by atoms with van der Waals surface area (Å²) in [7, 11) is 0. The number of H-pyrrole nitrogens is 3. The van der Waals surface area contributed by atoms with Crippen molar-refractivity contribution in [1.82, 2.24) is 67.1 Å². The van der Waals surface area contributed by atoms with Crippen LogP contribution in [0.25, 0.3) is 0 Å². The molecule has 0 fully saturated rings.